The van der Waals surface area contributed by atoms with Crippen molar-refractivity contribution < 1.29 is 0 Å². The van der Waals surface area contributed by atoms with E-state index in [1.54, 1.807) is 0 Å². The molecular weight excluding hydrogens is 242 g/mol. The highest BCUT2D eigenvalue weighted by atomic mass is 32.2. The maximum absolute atomic E-state index is 3.46. The lowest BCUT2D eigenvalue weighted by Gasteiger charge is -2.43. The summed E-state index contributed by atoms with van der Waals surface area (Å²) in [7, 11) is 0. The summed E-state index contributed by atoms with van der Waals surface area (Å²) in [6, 6.07) is 0.839. The second kappa shape index (κ2) is 5.70. The van der Waals surface area contributed by atoms with E-state index in [-0.39, 0.29) is 0 Å². The average Bonchev–Trinajstić information content (AvgIpc) is 2.83. The molecule has 0 aromatic heterocycles. The molecule has 0 spiro atoms. The third kappa shape index (κ3) is 2.72. The Bertz CT molecular complexity index is 269. The first-order valence-corrected chi connectivity index (χ1v) is 8.76. The van der Waals surface area contributed by atoms with Crippen LogP contribution >= 0.6 is 11.8 Å². The zero-order valence-electron chi connectivity index (χ0n) is 11.7. The number of piperazine rings is 1. The minimum atomic E-state index is 0.623. The molecule has 18 heavy (non-hydrogen) atoms. The smallest absolute Gasteiger partial charge is 0.0284 e. The van der Waals surface area contributed by atoms with E-state index in [0.29, 0.717) is 4.75 Å². The van der Waals surface area contributed by atoms with Crippen molar-refractivity contribution >= 4 is 11.8 Å². The second-order valence-corrected chi connectivity index (χ2v) is 7.48. The first-order chi connectivity index (χ1) is 8.81. The van der Waals surface area contributed by atoms with Crippen LogP contribution in [0.5, 0.6) is 0 Å². The van der Waals surface area contributed by atoms with Gasteiger partial charge in [-0.05, 0) is 32.1 Å². The highest BCUT2D eigenvalue weighted by molar-refractivity contribution is 8.00. The van der Waals surface area contributed by atoms with Crippen LogP contribution < -0.4 is 5.32 Å². The Hall–Kier alpha value is 0.230. The number of nitrogens with zero attached hydrogens (tertiary/aromatic N) is 2. The van der Waals surface area contributed by atoms with Crippen LogP contribution in [-0.4, -0.2) is 72.7 Å². The van der Waals surface area contributed by atoms with Gasteiger partial charge >= 0.3 is 0 Å². The van der Waals surface area contributed by atoms with E-state index in [1.165, 1.54) is 71.5 Å². The van der Waals surface area contributed by atoms with Crippen LogP contribution in [0.25, 0.3) is 0 Å². The van der Waals surface area contributed by atoms with Gasteiger partial charge in [0.15, 0.2) is 0 Å². The molecule has 2 saturated heterocycles. The Balaban J connectivity index is 1.48. The van der Waals surface area contributed by atoms with Crippen molar-refractivity contribution in [3.63, 3.8) is 0 Å². The topological polar surface area (TPSA) is 18.5 Å². The van der Waals surface area contributed by atoms with Gasteiger partial charge < -0.3 is 10.2 Å². The van der Waals surface area contributed by atoms with Crippen molar-refractivity contribution in [2.75, 3.05) is 52.1 Å². The Morgan fingerprint density at radius 3 is 2.61 bits per heavy atom. The minimum Gasteiger partial charge on any atom is -0.314 e. The van der Waals surface area contributed by atoms with Crippen LogP contribution in [0.2, 0.25) is 0 Å². The Morgan fingerprint density at radius 1 is 1.22 bits per heavy atom. The van der Waals surface area contributed by atoms with E-state index < -0.39 is 0 Å². The van der Waals surface area contributed by atoms with Gasteiger partial charge in [-0.1, -0.05) is 6.42 Å². The molecule has 0 bridgehead atoms. The molecule has 1 saturated carbocycles. The van der Waals surface area contributed by atoms with E-state index in [1.807, 2.05) is 0 Å². The lowest BCUT2D eigenvalue weighted by atomic mass is 9.84. The largest absolute Gasteiger partial charge is 0.314 e. The van der Waals surface area contributed by atoms with Gasteiger partial charge in [-0.3, -0.25) is 4.90 Å². The first-order valence-electron chi connectivity index (χ1n) is 7.54. The molecule has 3 aliphatic rings. The molecule has 4 heteroatoms. The quantitative estimate of drug-likeness (QED) is 0.828. The maximum Gasteiger partial charge on any atom is 0.0284 e. The van der Waals surface area contributed by atoms with E-state index in [2.05, 4.69) is 33.1 Å². The maximum atomic E-state index is 3.46. The van der Waals surface area contributed by atoms with Gasteiger partial charge in [0.05, 0.1) is 0 Å². The first kappa shape index (κ1) is 13.2. The van der Waals surface area contributed by atoms with Gasteiger partial charge in [0.1, 0.15) is 0 Å². The van der Waals surface area contributed by atoms with E-state index >= 15 is 0 Å². The summed E-state index contributed by atoms with van der Waals surface area (Å²) in [6.07, 6.45) is 8.05. The molecule has 1 unspecified atom stereocenters. The fraction of sp³-hybridized carbons (Fsp3) is 1.00. The van der Waals surface area contributed by atoms with Crippen LogP contribution in [-0.2, 0) is 0 Å². The molecular formula is C14H27N3S. The summed E-state index contributed by atoms with van der Waals surface area (Å²) < 4.78 is 0.623. The summed E-state index contributed by atoms with van der Waals surface area (Å²) in [4.78, 5) is 5.45. The second-order valence-electron chi connectivity index (χ2n) is 6.20. The number of hydrogen-bond donors (Lipinski definition) is 1. The normalized spacial score (nSPS) is 33.5. The molecule has 0 radical (unpaired) electrons. The highest BCUT2D eigenvalue weighted by Crippen LogP contribution is 2.43. The summed E-state index contributed by atoms with van der Waals surface area (Å²) in [6.45, 7) is 8.88. The van der Waals surface area contributed by atoms with E-state index in [0.717, 1.165) is 6.04 Å². The van der Waals surface area contributed by atoms with E-state index in [9.17, 15) is 0 Å². The number of rotatable bonds is 4. The van der Waals surface area contributed by atoms with Crippen molar-refractivity contribution in [3.8, 4) is 0 Å². The van der Waals surface area contributed by atoms with Crippen molar-refractivity contribution in [2.24, 2.45) is 0 Å². The van der Waals surface area contributed by atoms with Crippen LogP contribution in [0, 0.1) is 0 Å². The SMILES string of the molecule is CSC1(CN2CCC(N3CCNCC3)C2)CCC1. The zero-order valence-corrected chi connectivity index (χ0v) is 12.5. The van der Waals surface area contributed by atoms with Gasteiger partial charge in [-0.2, -0.15) is 11.8 Å². The molecule has 2 aliphatic heterocycles. The van der Waals surface area contributed by atoms with Crippen molar-refractivity contribution in [3.05, 3.63) is 0 Å². The standard InChI is InChI=1S/C14H27N3S/c1-18-14(4-2-5-14)12-16-8-3-13(11-16)17-9-6-15-7-10-17/h13,15H,2-12H2,1H3. The Morgan fingerprint density at radius 2 is 2.00 bits per heavy atom. The molecule has 3 fully saturated rings. The highest BCUT2D eigenvalue weighted by Gasteiger charge is 2.39. The lowest BCUT2D eigenvalue weighted by molar-refractivity contribution is 0.163. The van der Waals surface area contributed by atoms with Crippen LogP contribution in [0.15, 0.2) is 0 Å². The van der Waals surface area contributed by atoms with Gasteiger partial charge in [0.25, 0.3) is 0 Å². The van der Waals surface area contributed by atoms with Crippen molar-refractivity contribution in [1.82, 2.24) is 15.1 Å². The van der Waals surface area contributed by atoms with Crippen LogP contribution in [0.4, 0.5) is 0 Å². The average molecular weight is 269 g/mol. The van der Waals surface area contributed by atoms with Crippen molar-refractivity contribution in [1.29, 1.82) is 0 Å². The summed E-state index contributed by atoms with van der Waals surface area (Å²) in [5.74, 6) is 0. The number of likely N-dealkylation sites (tertiary alicyclic amines) is 1. The summed E-state index contributed by atoms with van der Waals surface area (Å²) in [5, 5.41) is 3.46. The van der Waals surface area contributed by atoms with Crippen molar-refractivity contribution in [2.45, 2.75) is 36.5 Å². The van der Waals surface area contributed by atoms with Gasteiger partial charge in [0, 0.05) is 50.1 Å². The Labute approximate surface area is 116 Å². The van der Waals surface area contributed by atoms with Gasteiger partial charge in [0.2, 0.25) is 0 Å². The molecule has 1 aliphatic carbocycles. The minimum absolute atomic E-state index is 0.623. The zero-order chi connectivity index (χ0) is 12.4. The summed E-state index contributed by atoms with van der Waals surface area (Å²) in [5.41, 5.74) is 0. The third-order valence-electron chi connectivity index (χ3n) is 5.13. The molecule has 2 heterocycles. The fourth-order valence-corrected chi connectivity index (χ4v) is 4.72. The molecule has 0 aromatic rings. The molecule has 3 nitrogen and oxygen atoms in total. The van der Waals surface area contributed by atoms with Gasteiger partial charge in [-0.25, -0.2) is 0 Å². The van der Waals surface area contributed by atoms with Crippen LogP contribution in [0.3, 0.4) is 0 Å². The van der Waals surface area contributed by atoms with Crippen LogP contribution in [0.1, 0.15) is 25.7 Å². The summed E-state index contributed by atoms with van der Waals surface area (Å²) >= 11 is 2.12. The molecule has 3 rings (SSSR count). The Kier molecular flexibility index (Phi) is 4.18. The molecule has 1 N–H and O–H groups in total. The molecule has 0 amide bonds. The predicted molar refractivity (Wildman–Crippen MR) is 79.4 cm³/mol. The molecule has 0 aromatic carbocycles. The van der Waals surface area contributed by atoms with E-state index in [4.69, 9.17) is 0 Å². The fourth-order valence-electron chi connectivity index (χ4n) is 3.71. The third-order valence-corrected chi connectivity index (χ3v) is 6.53. The van der Waals surface area contributed by atoms with Gasteiger partial charge in [-0.15, -0.1) is 0 Å². The predicted octanol–water partition coefficient (Wildman–Crippen LogP) is 1.25. The number of nitrogens with one attached hydrogen (secondary N) is 1. The lowest BCUT2D eigenvalue weighted by Crippen LogP contribution is -2.50. The monoisotopic (exact) mass is 269 g/mol. The number of thioether (sulfide) groups is 1. The molecule has 104 valence electrons. The molecule has 1 atom stereocenters. The number of hydrogen-bond acceptors (Lipinski definition) is 4.